The minimum atomic E-state index is -4.24. The SMILES string of the molecule is FC(F)(F)c1cccc2c1CN1CCNCC21. The average Bonchev–Trinajstić information content (AvgIpc) is 2.65. The number of hydrogen-bond acceptors (Lipinski definition) is 2. The molecule has 0 aromatic heterocycles. The van der Waals surface area contributed by atoms with Gasteiger partial charge in [0.15, 0.2) is 0 Å². The molecule has 0 bridgehead atoms. The first-order valence-corrected chi connectivity index (χ1v) is 5.71. The molecule has 2 aliphatic rings. The highest BCUT2D eigenvalue weighted by molar-refractivity contribution is 5.42. The molecule has 0 saturated carbocycles. The number of benzene rings is 1. The van der Waals surface area contributed by atoms with Crippen LogP contribution < -0.4 is 5.32 Å². The quantitative estimate of drug-likeness (QED) is 0.750. The molecule has 1 aromatic rings. The van der Waals surface area contributed by atoms with Gasteiger partial charge >= 0.3 is 6.18 Å². The predicted molar refractivity (Wildman–Crippen MR) is 57.5 cm³/mol. The Kier molecular flexibility index (Phi) is 2.41. The van der Waals surface area contributed by atoms with E-state index >= 15 is 0 Å². The molecule has 2 heterocycles. The van der Waals surface area contributed by atoms with Gasteiger partial charge in [0.25, 0.3) is 0 Å². The molecule has 92 valence electrons. The lowest BCUT2D eigenvalue weighted by atomic mass is 9.99. The van der Waals surface area contributed by atoms with Gasteiger partial charge in [-0.15, -0.1) is 0 Å². The van der Waals surface area contributed by atoms with Crippen LogP contribution in [-0.4, -0.2) is 24.5 Å². The van der Waals surface area contributed by atoms with Gasteiger partial charge in [0.2, 0.25) is 0 Å². The predicted octanol–water partition coefficient (Wildman–Crippen LogP) is 2.17. The second kappa shape index (κ2) is 3.71. The van der Waals surface area contributed by atoms with Crippen molar-refractivity contribution in [1.29, 1.82) is 0 Å². The molecule has 3 rings (SSSR count). The van der Waals surface area contributed by atoms with Gasteiger partial charge in [0.05, 0.1) is 5.56 Å². The van der Waals surface area contributed by atoms with E-state index < -0.39 is 11.7 Å². The van der Waals surface area contributed by atoms with Crippen LogP contribution in [0.4, 0.5) is 13.2 Å². The summed E-state index contributed by atoms with van der Waals surface area (Å²) in [6.07, 6.45) is -4.24. The first kappa shape index (κ1) is 11.0. The van der Waals surface area contributed by atoms with E-state index in [4.69, 9.17) is 0 Å². The molecule has 1 atom stereocenters. The summed E-state index contributed by atoms with van der Waals surface area (Å²) >= 11 is 0. The zero-order valence-corrected chi connectivity index (χ0v) is 9.22. The molecule has 2 aliphatic heterocycles. The maximum atomic E-state index is 12.9. The van der Waals surface area contributed by atoms with Crippen LogP contribution in [0.25, 0.3) is 0 Å². The smallest absolute Gasteiger partial charge is 0.314 e. The maximum Gasteiger partial charge on any atom is 0.416 e. The van der Waals surface area contributed by atoms with Gasteiger partial charge < -0.3 is 5.32 Å². The van der Waals surface area contributed by atoms with E-state index in [1.165, 1.54) is 12.1 Å². The molecular weight excluding hydrogens is 229 g/mol. The van der Waals surface area contributed by atoms with Gasteiger partial charge in [0.1, 0.15) is 0 Å². The van der Waals surface area contributed by atoms with Crippen LogP contribution in [0.3, 0.4) is 0 Å². The lowest BCUT2D eigenvalue weighted by molar-refractivity contribution is -0.138. The number of halogens is 3. The summed E-state index contributed by atoms with van der Waals surface area (Å²) < 4.78 is 38.7. The summed E-state index contributed by atoms with van der Waals surface area (Å²) in [6, 6.07) is 4.63. The Morgan fingerprint density at radius 2 is 2.12 bits per heavy atom. The Balaban J connectivity index is 2.06. The maximum absolute atomic E-state index is 12.9. The summed E-state index contributed by atoms with van der Waals surface area (Å²) in [5.41, 5.74) is 0.838. The van der Waals surface area contributed by atoms with Crippen LogP contribution in [-0.2, 0) is 12.7 Å². The Hall–Kier alpha value is -1.07. The highest BCUT2D eigenvalue weighted by Gasteiger charge is 2.40. The fraction of sp³-hybridized carbons (Fsp3) is 0.500. The fourth-order valence-corrected chi connectivity index (χ4v) is 2.80. The number of rotatable bonds is 0. The Morgan fingerprint density at radius 3 is 2.88 bits per heavy atom. The van der Waals surface area contributed by atoms with Crippen molar-refractivity contribution in [2.45, 2.75) is 18.8 Å². The second-order valence-corrected chi connectivity index (χ2v) is 4.56. The van der Waals surface area contributed by atoms with Gasteiger partial charge in [-0.05, 0) is 17.2 Å². The molecule has 5 heteroatoms. The van der Waals surface area contributed by atoms with Crippen molar-refractivity contribution in [3.63, 3.8) is 0 Å². The summed E-state index contributed by atoms with van der Waals surface area (Å²) in [7, 11) is 0. The van der Waals surface area contributed by atoms with E-state index in [-0.39, 0.29) is 6.04 Å². The molecule has 0 radical (unpaired) electrons. The molecule has 1 N–H and O–H groups in total. The van der Waals surface area contributed by atoms with Crippen LogP contribution in [0.5, 0.6) is 0 Å². The first-order chi connectivity index (χ1) is 8.07. The zero-order chi connectivity index (χ0) is 12.0. The van der Waals surface area contributed by atoms with Crippen LogP contribution in [0, 0.1) is 0 Å². The summed E-state index contributed by atoms with van der Waals surface area (Å²) in [6.45, 7) is 2.84. The van der Waals surface area contributed by atoms with Crippen molar-refractivity contribution < 1.29 is 13.2 Å². The average molecular weight is 242 g/mol. The van der Waals surface area contributed by atoms with Crippen LogP contribution in [0.1, 0.15) is 22.7 Å². The Bertz CT molecular complexity index is 442. The molecule has 0 amide bonds. The lowest BCUT2D eigenvalue weighted by Gasteiger charge is -2.30. The van der Waals surface area contributed by atoms with Crippen LogP contribution in [0.15, 0.2) is 18.2 Å². The molecule has 1 aromatic carbocycles. The molecule has 17 heavy (non-hydrogen) atoms. The number of alkyl halides is 3. The van der Waals surface area contributed by atoms with Crippen molar-refractivity contribution in [3.05, 3.63) is 34.9 Å². The number of piperazine rings is 1. The highest BCUT2D eigenvalue weighted by atomic mass is 19.4. The van der Waals surface area contributed by atoms with Gasteiger partial charge in [-0.3, -0.25) is 4.90 Å². The topological polar surface area (TPSA) is 15.3 Å². The van der Waals surface area contributed by atoms with E-state index in [0.29, 0.717) is 12.1 Å². The normalized spacial score (nSPS) is 24.5. The van der Waals surface area contributed by atoms with E-state index in [1.807, 2.05) is 6.07 Å². The fourth-order valence-electron chi connectivity index (χ4n) is 2.80. The summed E-state index contributed by atoms with van der Waals surface area (Å²) in [4.78, 5) is 2.12. The molecule has 0 spiro atoms. The van der Waals surface area contributed by atoms with Crippen molar-refractivity contribution in [2.75, 3.05) is 19.6 Å². The third kappa shape index (κ3) is 1.73. The monoisotopic (exact) mass is 242 g/mol. The van der Waals surface area contributed by atoms with E-state index in [0.717, 1.165) is 25.2 Å². The van der Waals surface area contributed by atoms with Crippen LogP contribution >= 0.6 is 0 Å². The minimum Gasteiger partial charge on any atom is -0.314 e. The Labute approximate surface area is 97.4 Å². The summed E-state index contributed by atoms with van der Waals surface area (Å²) in [5, 5.41) is 3.23. The van der Waals surface area contributed by atoms with Gasteiger partial charge in [-0.1, -0.05) is 12.1 Å². The number of fused-ring (bicyclic) bond motifs is 3. The van der Waals surface area contributed by atoms with Gasteiger partial charge in [-0.25, -0.2) is 0 Å². The highest BCUT2D eigenvalue weighted by Crippen LogP contribution is 2.41. The largest absolute Gasteiger partial charge is 0.416 e. The third-order valence-corrected chi connectivity index (χ3v) is 3.59. The Morgan fingerprint density at radius 1 is 1.29 bits per heavy atom. The van der Waals surface area contributed by atoms with Crippen molar-refractivity contribution >= 4 is 0 Å². The number of nitrogens with one attached hydrogen (secondary N) is 1. The lowest BCUT2D eigenvalue weighted by Crippen LogP contribution is -2.42. The van der Waals surface area contributed by atoms with E-state index in [1.54, 1.807) is 0 Å². The standard InChI is InChI=1S/C12H13F3N2/c13-12(14,15)10-3-1-2-8-9(10)7-17-5-4-16-6-11(8)17/h1-3,11,16H,4-7H2. The third-order valence-electron chi connectivity index (χ3n) is 3.59. The number of hydrogen-bond donors (Lipinski definition) is 1. The molecule has 0 aliphatic carbocycles. The molecule has 1 fully saturated rings. The van der Waals surface area contributed by atoms with Gasteiger partial charge in [-0.2, -0.15) is 13.2 Å². The molecular formula is C12H13F3N2. The van der Waals surface area contributed by atoms with Gasteiger partial charge in [0, 0.05) is 32.2 Å². The van der Waals surface area contributed by atoms with E-state index in [2.05, 4.69) is 10.2 Å². The van der Waals surface area contributed by atoms with Crippen molar-refractivity contribution in [2.24, 2.45) is 0 Å². The van der Waals surface area contributed by atoms with Crippen molar-refractivity contribution in [1.82, 2.24) is 10.2 Å². The molecule has 2 nitrogen and oxygen atoms in total. The van der Waals surface area contributed by atoms with Crippen LogP contribution in [0.2, 0.25) is 0 Å². The molecule has 1 unspecified atom stereocenters. The van der Waals surface area contributed by atoms with E-state index in [9.17, 15) is 13.2 Å². The molecule has 1 saturated heterocycles. The first-order valence-electron chi connectivity index (χ1n) is 5.71. The number of nitrogens with zero attached hydrogens (tertiary/aromatic N) is 1. The zero-order valence-electron chi connectivity index (χ0n) is 9.22. The summed E-state index contributed by atoms with van der Waals surface area (Å²) in [5.74, 6) is 0. The van der Waals surface area contributed by atoms with Crippen molar-refractivity contribution in [3.8, 4) is 0 Å². The minimum absolute atomic E-state index is 0.112. The second-order valence-electron chi connectivity index (χ2n) is 4.56.